The van der Waals surface area contributed by atoms with Crippen LogP contribution in [0.3, 0.4) is 0 Å². The van der Waals surface area contributed by atoms with E-state index in [1.165, 1.54) is 11.8 Å². The van der Waals surface area contributed by atoms with Crippen molar-refractivity contribution in [3.8, 4) is 5.75 Å². The Labute approximate surface area is 139 Å². The monoisotopic (exact) mass is 330 g/mol. The minimum atomic E-state index is 0.0945. The maximum absolute atomic E-state index is 12.3. The number of aromatic hydroxyl groups is 1. The lowest BCUT2D eigenvalue weighted by atomic mass is 10.3. The smallest absolute Gasteiger partial charge is 0.233 e. The van der Waals surface area contributed by atoms with Crippen molar-refractivity contribution < 1.29 is 9.90 Å². The number of thioether (sulfide) groups is 1. The number of benzene rings is 1. The number of piperazine rings is 1. The molecule has 1 aliphatic rings. The predicted molar refractivity (Wildman–Crippen MR) is 89.7 cm³/mol. The number of phenols is 1. The molecule has 0 aliphatic carbocycles. The molecular weight excluding hydrogens is 312 g/mol. The van der Waals surface area contributed by atoms with E-state index in [2.05, 4.69) is 14.9 Å². The van der Waals surface area contributed by atoms with Crippen LogP contribution >= 0.6 is 11.8 Å². The molecule has 3 rings (SSSR count). The number of nitrogens with zero attached hydrogens (tertiary/aromatic N) is 4. The van der Waals surface area contributed by atoms with E-state index >= 15 is 0 Å². The number of rotatable bonds is 4. The van der Waals surface area contributed by atoms with Crippen molar-refractivity contribution >= 4 is 23.5 Å². The number of amides is 1. The van der Waals surface area contributed by atoms with E-state index in [-0.39, 0.29) is 11.7 Å². The highest BCUT2D eigenvalue weighted by Crippen LogP contribution is 2.27. The van der Waals surface area contributed by atoms with Crippen LogP contribution in [-0.4, -0.2) is 57.8 Å². The predicted octanol–water partition coefficient (Wildman–Crippen LogP) is 1.62. The van der Waals surface area contributed by atoms with E-state index in [0.717, 1.165) is 23.8 Å². The lowest BCUT2D eigenvalue weighted by molar-refractivity contribution is -0.128. The van der Waals surface area contributed by atoms with Crippen molar-refractivity contribution in [1.82, 2.24) is 14.9 Å². The summed E-state index contributed by atoms with van der Waals surface area (Å²) in [4.78, 5) is 25.4. The second kappa shape index (κ2) is 7.32. The standard InChI is InChI=1S/C16H18N4O2S/c21-13-3-1-2-4-14(13)23-12-16(22)20-9-7-19(8-10-20)15-11-17-5-6-18-15/h1-6,11,21H,7-10,12H2. The van der Waals surface area contributed by atoms with Crippen molar-refractivity contribution in [2.45, 2.75) is 4.90 Å². The number of hydrogen-bond donors (Lipinski definition) is 1. The van der Waals surface area contributed by atoms with Gasteiger partial charge in [-0.25, -0.2) is 4.98 Å². The van der Waals surface area contributed by atoms with E-state index < -0.39 is 0 Å². The summed E-state index contributed by atoms with van der Waals surface area (Å²) in [5.74, 6) is 1.50. The summed E-state index contributed by atoms with van der Waals surface area (Å²) < 4.78 is 0. The van der Waals surface area contributed by atoms with Crippen molar-refractivity contribution in [2.75, 3.05) is 36.8 Å². The molecule has 0 bridgehead atoms. The highest BCUT2D eigenvalue weighted by atomic mass is 32.2. The molecule has 120 valence electrons. The normalized spacial score (nSPS) is 14.8. The highest BCUT2D eigenvalue weighted by molar-refractivity contribution is 8.00. The summed E-state index contributed by atoms with van der Waals surface area (Å²) in [5, 5.41) is 9.73. The van der Waals surface area contributed by atoms with Crippen LogP contribution in [0.25, 0.3) is 0 Å². The fourth-order valence-electron chi connectivity index (χ4n) is 2.45. The molecule has 1 aromatic carbocycles. The third-order valence-corrected chi connectivity index (χ3v) is 4.77. The van der Waals surface area contributed by atoms with E-state index in [4.69, 9.17) is 0 Å². The minimum absolute atomic E-state index is 0.0945. The molecule has 0 radical (unpaired) electrons. The molecule has 2 heterocycles. The van der Waals surface area contributed by atoms with Crippen LogP contribution in [0.15, 0.2) is 47.8 Å². The number of aromatic nitrogens is 2. The molecule has 1 aromatic heterocycles. The van der Waals surface area contributed by atoms with Gasteiger partial charge in [-0.3, -0.25) is 9.78 Å². The molecule has 1 saturated heterocycles. The van der Waals surface area contributed by atoms with Gasteiger partial charge in [0.25, 0.3) is 0 Å². The van der Waals surface area contributed by atoms with Gasteiger partial charge in [0.2, 0.25) is 5.91 Å². The molecule has 2 aromatic rings. The number of phenolic OH excluding ortho intramolecular Hbond substituents is 1. The van der Waals surface area contributed by atoms with Gasteiger partial charge in [0.15, 0.2) is 0 Å². The van der Waals surface area contributed by atoms with Crippen molar-refractivity contribution in [3.63, 3.8) is 0 Å². The molecular formula is C16H18N4O2S. The Bertz CT molecular complexity index is 660. The first-order valence-corrected chi connectivity index (χ1v) is 8.42. The minimum Gasteiger partial charge on any atom is -0.507 e. The molecule has 1 amide bonds. The Balaban J connectivity index is 1.50. The summed E-state index contributed by atoms with van der Waals surface area (Å²) in [6.45, 7) is 2.87. The molecule has 7 heteroatoms. The van der Waals surface area contributed by atoms with Gasteiger partial charge in [-0.1, -0.05) is 12.1 Å². The van der Waals surface area contributed by atoms with Crippen molar-refractivity contribution in [3.05, 3.63) is 42.9 Å². The third kappa shape index (κ3) is 3.92. The zero-order chi connectivity index (χ0) is 16.1. The Morgan fingerprint density at radius 3 is 2.65 bits per heavy atom. The molecule has 1 N–H and O–H groups in total. The topological polar surface area (TPSA) is 69.6 Å². The van der Waals surface area contributed by atoms with Gasteiger partial charge in [-0.15, -0.1) is 11.8 Å². The molecule has 0 saturated carbocycles. The summed E-state index contributed by atoms with van der Waals surface area (Å²) in [6.07, 6.45) is 5.07. The Hall–Kier alpha value is -2.28. The van der Waals surface area contributed by atoms with Gasteiger partial charge >= 0.3 is 0 Å². The van der Waals surface area contributed by atoms with Crippen molar-refractivity contribution in [2.24, 2.45) is 0 Å². The summed E-state index contributed by atoms with van der Waals surface area (Å²) in [6, 6.07) is 7.07. The summed E-state index contributed by atoms with van der Waals surface area (Å²) in [5.41, 5.74) is 0. The van der Waals surface area contributed by atoms with Crippen LogP contribution in [0.1, 0.15) is 0 Å². The first-order valence-electron chi connectivity index (χ1n) is 7.43. The molecule has 0 atom stereocenters. The van der Waals surface area contributed by atoms with Crippen LogP contribution < -0.4 is 4.90 Å². The lowest BCUT2D eigenvalue weighted by Crippen LogP contribution is -2.49. The number of para-hydroxylation sites is 1. The second-order valence-corrected chi connectivity index (χ2v) is 6.21. The van der Waals surface area contributed by atoms with Crippen molar-refractivity contribution in [1.29, 1.82) is 0 Å². The molecule has 0 spiro atoms. The Kier molecular flexibility index (Phi) is 4.97. The van der Waals surface area contributed by atoms with E-state index in [0.29, 0.717) is 18.8 Å². The maximum atomic E-state index is 12.3. The fraction of sp³-hybridized carbons (Fsp3) is 0.312. The molecule has 1 aliphatic heterocycles. The second-order valence-electron chi connectivity index (χ2n) is 5.19. The SMILES string of the molecule is O=C(CSc1ccccc1O)N1CCN(c2cnccn2)CC1. The van der Waals surface area contributed by atoms with E-state index in [1.54, 1.807) is 30.7 Å². The summed E-state index contributed by atoms with van der Waals surface area (Å²) in [7, 11) is 0. The highest BCUT2D eigenvalue weighted by Gasteiger charge is 2.22. The first kappa shape index (κ1) is 15.6. The van der Waals surface area contributed by atoms with Gasteiger partial charge in [0.05, 0.1) is 11.9 Å². The molecule has 1 fully saturated rings. The maximum Gasteiger partial charge on any atom is 0.233 e. The van der Waals surface area contributed by atoms with E-state index in [1.807, 2.05) is 17.0 Å². The van der Waals surface area contributed by atoms with Gasteiger partial charge < -0.3 is 14.9 Å². The third-order valence-electron chi connectivity index (χ3n) is 3.72. The molecule has 23 heavy (non-hydrogen) atoms. The quantitative estimate of drug-likeness (QED) is 0.859. The average Bonchev–Trinajstić information content (AvgIpc) is 2.62. The largest absolute Gasteiger partial charge is 0.507 e. The first-order chi connectivity index (χ1) is 11.2. The lowest BCUT2D eigenvalue weighted by Gasteiger charge is -2.35. The fourth-order valence-corrected chi connectivity index (χ4v) is 3.30. The summed E-state index contributed by atoms with van der Waals surface area (Å²) >= 11 is 1.37. The van der Waals surface area contributed by atoms with Gasteiger partial charge in [0, 0.05) is 43.5 Å². The molecule has 6 nitrogen and oxygen atoms in total. The number of carbonyl (C=O) groups is 1. The van der Waals surface area contributed by atoms with Crippen LogP contribution in [-0.2, 0) is 4.79 Å². The van der Waals surface area contributed by atoms with Crippen LogP contribution in [0, 0.1) is 0 Å². The van der Waals surface area contributed by atoms with Crippen LogP contribution in [0.2, 0.25) is 0 Å². The average molecular weight is 330 g/mol. The van der Waals surface area contributed by atoms with Crippen LogP contribution in [0.4, 0.5) is 5.82 Å². The van der Waals surface area contributed by atoms with Crippen LogP contribution in [0.5, 0.6) is 5.75 Å². The zero-order valence-corrected chi connectivity index (χ0v) is 13.4. The Morgan fingerprint density at radius 1 is 1.17 bits per heavy atom. The Morgan fingerprint density at radius 2 is 1.96 bits per heavy atom. The van der Waals surface area contributed by atoms with E-state index in [9.17, 15) is 9.90 Å². The van der Waals surface area contributed by atoms with Gasteiger partial charge in [-0.2, -0.15) is 0 Å². The number of anilines is 1. The number of hydrogen-bond acceptors (Lipinski definition) is 6. The number of carbonyl (C=O) groups excluding carboxylic acids is 1. The molecule has 0 unspecified atom stereocenters. The van der Waals surface area contributed by atoms with Gasteiger partial charge in [0.1, 0.15) is 11.6 Å². The zero-order valence-electron chi connectivity index (χ0n) is 12.6. The van der Waals surface area contributed by atoms with Gasteiger partial charge in [-0.05, 0) is 12.1 Å².